The first-order valence-electron chi connectivity index (χ1n) is 11.1. The van der Waals surface area contributed by atoms with Crippen molar-refractivity contribution in [1.82, 2.24) is 19.7 Å². The summed E-state index contributed by atoms with van der Waals surface area (Å²) in [5.41, 5.74) is 3.26. The number of aromatic nitrogens is 3. The lowest BCUT2D eigenvalue weighted by Gasteiger charge is -2.37. The van der Waals surface area contributed by atoms with E-state index in [0.29, 0.717) is 38.4 Å². The van der Waals surface area contributed by atoms with Crippen LogP contribution in [0.4, 0.5) is 24.5 Å². The number of piperazine rings is 1. The highest BCUT2D eigenvalue weighted by atomic mass is 19.4. The number of aryl methyl sites for hydroxylation is 2. The fourth-order valence-electron chi connectivity index (χ4n) is 4.12. The van der Waals surface area contributed by atoms with Crippen LogP contribution in [-0.4, -0.2) is 51.8 Å². The van der Waals surface area contributed by atoms with Crippen LogP contribution in [-0.2, 0) is 24.1 Å². The lowest BCUT2D eigenvalue weighted by Crippen LogP contribution is -2.50. The number of pyridine rings is 1. The highest BCUT2D eigenvalue weighted by molar-refractivity contribution is 5.76. The molecule has 2 aromatic heterocycles. The summed E-state index contributed by atoms with van der Waals surface area (Å²) in [7, 11) is 0. The van der Waals surface area contributed by atoms with Crippen molar-refractivity contribution in [2.45, 2.75) is 33.1 Å². The average Bonchev–Trinajstić information content (AvgIpc) is 3.14. The fourth-order valence-corrected chi connectivity index (χ4v) is 4.12. The van der Waals surface area contributed by atoms with Gasteiger partial charge in [0, 0.05) is 56.0 Å². The first kappa shape index (κ1) is 23.6. The number of hydrogen-bond donors (Lipinski definition) is 1. The van der Waals surface area contributed by atoms with Gasteiger partial charge >= 0.3 is 6.18 Å². The molecule has 4 rings (SSSR count). The molecule has 7 nitrogen and oxygen atoms in total. The van der Waals surface area contributed by atoms with E-state index in [9.17, 15) is 18.0 Å². The molecule has 0 unspecified atom stereocenters. The Labute approximate surface area is 196 Å². The van der Waals surface area contributed by atoms with Crippen LogP contribution in [0.1, 0.15) is 22.6 Å². The number of rotatable bonds is 6. The van der Waals surface area contributed by atoms with Crippen molar-refractivity contribution in [2.24, 2.45) is 0 Å². The summed E-state index contributed by atoms with van der Waals surface area (Å²) in [4.78, 5) is 20.2. The van der Waals surface area contributed by atoms with E-state index in [4.69, 9.17) is 0 Å². The molecule has 0 spiro atoms. The van der Waals surface area contributed by atoms with E-state index in [-0.39, 0.29) is 12.5 Å². The second kappa shape index (κ2) is 9.74. The lowest BCUT2D eigenvalue weighted by atomic mass is 10.1. The predicted octanol–water partition coefficient (Wildman–Crippen LogP) is 3.87. The number of halogens is 3. The molecule has 0 bridgehead atoms. The number of hydrogen-bond acceptors (Lipinski definition) is 5. The van der Waals surface area contributed by atoms with Gasteiger partial charge < -0.3 is 15.1 Å². The molecule has 1 aliphatic heterocycles. The number of carbonyl (C=O) groups excluding carboxylic acids is 1. The number of para-hydroxylation sites is 1. The molecule has 0 aliphatic carbocycles. The van der Waals surface area contributed by atoms with Crippen molar-refractivity contribution in [3.8, 4) is 0 Å². The first-order valence-corrected chi connectivity index (χ1v) is 11.1. The maximum atomic E-state index is 12.9. The highest BCUT2D eigenvalue weighted by Gasteiger charge is 2.32. The molecule has 3 aromatic rings. The molecule has 1 saturated heterocycles. The van der Waals surface area contributed by atoms with E-state index in [1.165, 1.54) is 6.07 Å². The Morgan fingerprint density at radius 2 is 1.79 bits per heavy atom. The molecule has 1 aliphatic rings. The largest absolute Gasteiger partial charge is 0.433 e. The molecule has 1 fully saturated rings. The van der Waals surface area contributed by atoms with Gasteiger partial charge in [0.05, 0.1) is 5.69 Å². The summed E-state index contributed by atoms with van der Waals surface area (Å²) in [5, 5.41) is 7.44. The minimum absolute atomic E-state index is 0.0407. The number of nitrogens with zero attached hydrogens (tertiary/aromatic N) is 5. The zero-order valence-corrected chi connectivity index (χ0v) is 19.1. The number of alkyl halides is 3. The molecule has 0 radical (unpaired) electrons. The minimum atomic E-state index is -4.48. The van der Waals surface area contributed by atoms with E-state index in [1.54, 1.807) is 4.68 Å². The molecule has 1 N–H and O–H groups in total. The zero-order valence-electron chi connectivity index (χ0n) is 19.1. The van der Waals surface area contributed by atoms with Crippen LogP contribution in [0.15, 0.2) is 48.7 Å². The molecule has 10 heteroatoms. The number of benzene rings is 1. The van der Waals surface area contributed by atoms with E-state index >= 15 is 0 Å². The molecular formula is C24H27F3N6O. The molecule has 0 atom stereocenters. The van der Waals surface area contributed by atoms with Gasteiger partial charge in [-0.15, -0.1) is 0 Å². The number of anilines is 2. The summed E-state index contributed by atoms with van der Waals surface area (Å²) in [6.45, 7) is 6.98. The van der Waals surface area contributed by atoms with Gasteiger partial charge in [-0.05, 0) is 43.7 Å². The Balaban J connectivity index is 1.37. The van der Waals surface area contributed by atoms with Crippen LogP contribution in [0.25, 0.3) is 0 Å². The number of nitrogens with one attached hydrogen (secondary N) is 1. The minimum Gasteiger partial charge on any atom is -0.381 e. The van der Waals surface area contributed by atoms with Gasteiger partial charge in [-0.1, -0.05) is 18.2 Å². The summed E-state index contributed by atoms with van der Waals surface area (Å²) < 4.78 is 40.5. The maximum Gasteiger partial charge on any atom is 0.433 e. The third-order valence-corrected chi connectivity index (χ3v) is 5.89. The summed E-state index contributed by atoms with van der Waals surface area (Å²) >= 11 is 0. The third kappa shape index (κ3) is 5.49. The Morgan fingerprint density at radius 1 is 1.06 bits per heavy atom. The van der Waals surface area contributed by atoms with Gasteiger partial charge in [0.25, 0.3) is 0 Å². The van der Waals surface area contributed by atoms with E-state index in [1.807, 2.05) is 49.1 Å². The van der Waals surface area contributed by atoms with Crippen LogP contribution in [0, 0.1) is 13.8 Å². The van der Waals surface area contributed by atoms with Crippen LogP contribution < -0.4 is 10.2 Å². The Kier molecular flexibility index (Phi) is 6.76. The number of amides is 1. The summed E-state index contributed by atoms with van der Waals surface area (Å²) in [5.74, 6) is 0.0407. The van der Waals surface area contributed by atoms with Crippen LogP contribution in [0.2, 0.25) is 0 Å². The molecule has 0 saturated carbocycles. The smallest absolute Gasteiger partial charge is 0.381 e. The van der Waals surface area contributed by atoms with Crippen molar-refractivity contribution in [2.75, 3.05) is 36.4 Å². The third-order valence-electron chi connectivity index (χ3n) is 5.89. The molecule has 3 heterocycles. The van der Waals surface area contributed by atoms with Gasteiger partial charge in [0.15, 0.2) is 0 Å². The SMILES string of the molecule is Cc1cc(C)n(CC(=O)N2CCN(c3ccccc3CNc3ccnc(C(F)(F)F)c3)CC2)n1. The quantitative estimate of drug-likeness (QED) is 0.590. The van der Waals surface area contributed by atoms with Gasteiger partial charge in [0.1, 0.15) is 12.2 Å². The average molecular weight is 473 g/mol. The normalized spacial score (nSPS) is 14.4. The zero-order chi connectivity index (χ0) is 24.3. The lowest BCUT2D eigenvalue weighted by molar-refractivity contribution is -0.141. The van der Waals surface area contributed by atoms with Crippen molar-refractivity contribution >= 4 is 17.3 Å². The van der Waals surface area contributed by atoms with E-state index in [2.05, 4.69) is 20.3 Å². The van der Waals surface area contributed by atoms with Gasteiger partial charge in [0.2, 0.25) is 5.91 Å². The Morgan fingerprint density at radius 3 is 2.47 bits per heavy atom. The van der Waals surface area contributed by atoms with E-state index in [0.717, 1.165) is 34.9 Å². The Hall–Kier alpha value is -3.56. The van der Waals surface area contributed by atoms with Gasteiger partial charge in [-0.3, -0.25) is 14.5 Å². The van der Waals surface area contributed by atoms with Crippen LogP contribution >= 0.6 is 0 Å². The first-order chi connectivity index (χ1) is 16.2. The van der Waals surface area contributed by atoms with Crippen molar-refractivity contribution in [3.05, 3.63) is 71.3 Å². The fraction of sp³-hybridized carbons (Fsp3) is 0.375. The monoisotopic (exact) mass is 472 g/mol. The summed E-state index contributed by atoms with van der Waals surface area (Å²) in [6, 6.07) is 12.3. The number of carbonyl (C=O) groups is 1. The second-order valence-corrected chi connectivity index (χ2v) is 8.36. The molecule has 1 amide bonds. The summed E-state index contributed by atoms with van der Waals surface area (Å²) in [6.07, 6.45) is -3.33. The highest BCUT2D eigenvalue weighted by Crippen LogP contribution is 2.29. The van der Waals surface area contributed by atoms with Crippen molar-refractivity contribution < 1.29 is 18.0 Å². The molecular weight excluding hydrogens is 445 g/mol. The standard InChI is InChI=1S/C24H27F3N6O/c1-17-13-18(2)33(30-17)16-23(34)32-11-9-31(10-12-32)21-6-4-3-5-19(21)15-29-20-7-8-28-22(14-20)24(25,26)27/h3-8,13-14H,9-12,15-16H2,1-2H3,(H,28,29). The van der Waals surface area contributed by atoms with E-state index < -0.39 is 11.9 Å². The maximum absolute atomic E-state index is 12.9. The molecule has 34 heavy (non-hydrogen) atoms. The van der Waals surface area contributed by atoms with Gasteiger partial charge in [-0.2, -0.15) is 18.3 Å². The van der Waals surface area contributed by atoms with Crippen molar-refractivity contribution in [1.29, 1.82) is 0 Å². The van der Waals surface area contributed by atoms with Crippen LogP contribution in [0.3, 0.4) is 0 Å². The second-order valence-electron chi connectivity index (χ2n) is 8.36. The predicted molar refractivity (Wildman–Crippen MR) is 124 cm³/mol. The van der Waals surface area contributed by atoms with Crippen LogP contribution in [0.5, 0.6) is 0 Å². The van der Waals surface area contributed by atoms with Gasteiger partial charge in [-0.25, -0.2) is 0 Å². The molecule has 1 aromatic carbocycles. The Bertz CT molecular complexity index is 1150. The molecule has 180 valence electrons. The topological polar surface area (TPSA) is 66.3 Å². The van der Waals surface area contributed by atoms with Crippen molar-refractivity contribution in [3.63, 3.8) is 0 Å².